The van der Waals surface area contributed by atoms with Gasteiger partial charge in [0.1, 0.15) is 0 Å². The van der Waals surface area contributed by atoms with Crippen LogP contribution >= 0.6 is 27.3 Å². The number of hydrogen-bond acceptors (Lipinski definition) is 3. The Hall–Kier alpha value is -1.40. The van der Waals surface area contributed by atoms with Crippen LogP contribution in [0.2, 0.25) is 0 Å². The molecule has 3 amide bonds. The molecule has 0 spiro atoms. The lowest BCUT2D eigenvalue weighted by molar-refractivity contribution is -0.120. The number of benzene rings is 1. The zero-order valence-corrected chi connectivity index (χ0v) is 11.7. The second kappa shape index (κ2) is 4.37. The number of thiophene rings is 1. The smallest absolute Gasteiger partial charge is 0.292 e. The Bertz CT molecular complexity index is 653. The van der Waals surface area contributed by atoms with Crippen LogP contribution in [-0.2, 0) is 4.79 Å². The first-order valence-electron chi connectivity index (χ1n) is 5.43. The number of nitrogens with zero attached hydrogens (tertiary/aromatic N) is 1. The van der Waals surface area contributed by atoms with Crippen LogP contribution in [-0.4, -0.2) is 18.5 Å². The Morgan fingerprint density at radius 1 is 1.33 bits per heavy atom. The van der Waals surface area contributed by atoms with Crippen LogP contribution in [0.15, 0.2) is 28.1 Å². The molecule has 1 N–H and O–H groups in total. The number of nitrogens with one attached hydrogen (secondary N) is 1. The lowest BCUT2D eigenvalue weighted by Gasteiger charge is -2.25. The first kappa shape index (κ1) is 11.7. The van der Waals surface area contributed by atoms with Gasteiger partial charge in [-0.2, -0.15) is 0 Å². The molecule has 0 saturated carbocycles. The number of rotatable bonds is 1. The highest BCUT2D eigenvalue weighted by molar-refractivity contribution is 9.10. The lowest BCUT2D eigenvalue weighted by atomic mass is 10.2. The van der Waals surface area contributed by atoms with Gasteiger partial charge in [-0.15, -0.1) is 11.3 Å². The molecule has 0 radical (unpaired) electrons. The first-order valence-corrected chi connectivity index (χ1v) is 7.10. The predicted molar refractivity (Wildman–Crippen MR) is 75.0 cm³/mol. The van der Waals surface area contributed by atoms with Crippen molar-refractivity contribution in [1.82, 2.24) is 5.32 Å². The lowest BCUT2D eigenvalue weighted by Crippen LogP contribution is -2.49. The van der Waals surface area contributed by atoms with E-state index in [9.17, 15) is 9.59 Å². The van der Waals surface area contributed by atoms with Crippen molar-refractivity contribution in [3.63, 3.8) is 0 Å². The largest absolute Gasteiger partial charge is 0.328 e. The summed E-state index contributed by atoms with van der Waals surface area (Å²) >= 11 is 5.02. The van der Waals surface area contributed by atoms with Gasteiger partial charge >= 0.3 is 6.03 Å². The van der Waals surface area contributed by atoms with Crippen LogP contribution < -0.4 is 10.2 Å². The number of urea groups is 1. The van der Waals surface area contributed by atoms with E-state index in [0.29, 0.717) is 13.0 Å². The van der Waals surface area contributed by atoms with E-state index in [4.69, 9.17) is 0 Å². The average Bonchev–Trinajstić information content (AvgIpc) is 2.72. The summed E-state index contributed by atoms with van der Waals surface area (Å²) in [4.78, 5) is 24.6. The molecule has 1 fully saturated rings. The molecular formula is C12H9BrN2O2S. The Morgan fingerprint density at radius 2 is 2.17 bits per heavy atom. The van der Waals surface area contributed by atoms with Crippen molar-refractivity contribution < 1.29 is 9.59 Å². The highest BCUT2D eigenvalue weighted by Gasteiger charge is 2.26. The second-order valence-corrected chi connectivity index (χ2v) is 5.84. The van der Waals surface area contributed by atoms with E-state index in [-0.39, 0.29) is 11.9 Å². The predicted octanol–water partition coefficient (Wildman–Crippen LogP) is 3.11. The van der Waals surface area contributed by atoms with Gasteiger partial charge in [-0.25, -0.2) is 4.79 Å². The van der Waals surface area contributed by atoms with Gasteiger partial charge in [-0.05, 0) is 18.2 Å². The normalized spacial score (nSPS) is 16.2. The summed E-state index contributed by atoms with van der Waals surface area (Å²) in [7, 11) is 0. The van der Waals surface area contributed by atoms with Crippen molar-refractivity contribution in [2.45, 2.75) is 6.42 Å². The van der Waals surface area contributed by atoms with Gasteiger partial charge in [-0.3, -0.25) is 15.0 Å². The Balaban J connectivity index is 2.06. The molecule has 0 unspecified atom stereocenters. The second-order valence-electron chi connectivity index (χ2n) is 4.02. The highest BCUT2D eigenvalue weighted by Crippen LogP contribution is 2.35. The van der Waals surface area contributed by atoms with E-state index in [1.807, 2.05) is 23.6 Å². The molecule has 1 aliphatic heterocycles. The van der Waals surface area contributed by atoms with Gasteiger partial charge in [0.05, 0.1) is 5.69 Å². The van der Waals surface area contributed by atoms with Crippen LogP contribution in [0.1, 0.15) is 6.42 Å². The molecule has 2 heterocycles. The molecule has 92 valence electrons. The van der Waals surface area contributed by atoms with Crippen LogP contribution in [0.4, 0.5) is 10.5 Å². The molecule has 4 nitrogen and oxygen atoms in total. The zero-order valence-electron chi connectivity index (χ0n) is 9.27. The van der Waals surface area contributed by atoms with Crippen molar-refractivity contribution in [3.8, 4) is 0 Å². The van der Waals surface area contributed by atoms with E-state index >= 15 is 0 Å². The maximum atomic E-state index is 11.8. The van der Waals surface area contributed by atoms with Crippen LogP contribution in [0.3, 0.4) is 0 Å². The van der Waals surface area contributed by atoms with Crippen molar-refractivity contribution in [2.75, 3.05) is 11.4 Å². The van der Waals surface area contributed by atoms with E-state index in [1.54, 1.807) is 16.2 Å². The fourth-order valence-electron chi connectivity index (χ4n) is 1.99. The third kappa shape index (κ3) is 1.91. The Morgan fingerprint density at radius 3 is 2.94 bits per heavy atom. The fourth-order valence-corrected chi connectivity index (χ4v) is 3.28. The van der Waals surface area contributed by atoms with Crippen LogP contribution in [0.5, 0.6) is 0 Å². The molecule has 6 heteroatoms. The molecule has 1 aromatic carbocycles. The van der Waals surface area contributed by atoms with Gasteiger partial charge in [-0.1, -0.05) is 15.9 Å². The maximum Gasteiger partial charge on any atom is 0.328 e. The molecular weight excluding hydrogens is 316 g/mol. The third-order valence-corrected chi connectivity index (χ3v) is 4.30. The molecule has 1 aliphatic rings. The first-order chi connectivity index (χ1) is 8.65. The summed E-state index contributed by atoms with van der Waals surface area (Å²) < 4.78 is 2.10. The van der Waals surface area contributed by atoms with Crippen molar-refractivity contribution >= 4 is 55.0 Å². The summed E-state index contributed by atoms with van der Waals surface area (Å²) in [6.07, 6.45) is 0.344. The molecule has 0 atom stereocenters. The summed E-state index contributed by atoms with van der Waals surface area (Å²) in [5, 5.41) is 5.32. The average molecular weight is 325 g/mol. The Kier molecular flexibility index (Phi) is 2.83. The number of halogens is 1. The number of hydrogen-bond donors (Lipinski definition) is 1. The molecule has 0 aliphatic carbocycles. The van der Waals surface area contributed by atoms with Crippen molar-refractivity contribution in [2.24, 2.45) is 0 Å². The van der Waals surface area contributed by atoms with Crippen molar-refractivity contribution in [1.29, 1.82) is 0 Å². The van der Waals surface area contributed by atoms with Gasteiger partial charge in [0.25, 0.3) is 0 Å². The zero-order chi connectivity index (χ0) is 12.7. The van der Waals surface area contributed by atoms with Crippen molar-refractivity contribution in [3.05, 3.63) is 28.1 Å². The minimum Gasteiger partial charge on any atom is -0.292 e. The number of carbonyl (C=O) groups is 2. The van der Waals surface area contributed by atoms with Gasteiger partial charge in [0.2, 0.25) is 5.91 Å². The monoisotopic (exact) mass is 324 g/mol. The number of anilines is 1. The number of fused-ring (bicyclic) bond motifs is 1. The summed E-state index contributed by atoms with van der Waals surface area (Å²) in [6.45, 7) is 0.434. The summed E-state index contributed by atoms with van der Waals surface area (Å²) in [6, 6.07) is 5.64. The molecule has 1 saturated heterocycles. The summed E-state index contributed by atoms with van der Waals surface area (Å²) in [5.74, 6) is -0.211. The van der Waals surface area contributed by atoms with E-state index in [0.717, 1.165) is 20.2 Å². The Labute approximate surface area is 116 Å². The molecule has 0 bridgehead atoms. The van der Waals surface area contributed by atoms with E-state index < -0.39 is 0 Å². The molecule has 1 aromatic heterocycles. The van der Waals surface area contributed by atoms with Crippen LogP contribution in [0, 0.1) is 0 Å². The molecule has 2 aromatic rings. The molecule has 18 heavy (non-hydrogen) atoms. The number of amides is 3. The van der Waals surface area contributed by atoms with Gasteiger partial charge in [0, 0.05) is 32.9 Å². The van der Waals surface area contributed by atoms with E-state index in [1.165, 1.54) is 0 Å². The number of imide groups is 1. The topological polar surface area (TPSA) is 49.4 Å². The minimum absolute atomic E-state index is 0.211. The molecule has 3 rings (SSSR count). The standard InChI is InChI=1S/C12H9BrN2O2S/c13-7-1-2-10-8(5-7)9(6-18-10)15-4-3-11(16)14-12(15)17/h1-2,5-6H,3-4H2,(H,14,16,17). The SMILES string of the molecule is O=C1CCN(c2csc3ccc(Br)cc23)C(=O)N1. The maximum absolute atomic E-state index is 11.8. The third-order valence-electron chi connectivity index (χ3n) is 2.86. The summed E-state index contributed by atoms with van der Waals surface area (Å²) in [5.41, 5.74) is 0.862. The fraction of sp³-hybridized carbons (Fsp3) is 0.167. The van der Waals surface area contributed by atoms with Gasteiger partial charge in [0.15, 0.2) is 0 Å². The quantitative estimate of drug-likeness (QED) is 0.876. The minimum atomic E-state index is -0.342. The van der Waals surface area contributed by atoms with Crippen LogP contribution in [0.25, 0.3) is 10.1 Å². The van der Waals surface area contributed by atoms with E-state index in [2.05, 4.69) is 21.2 Å². The highest BCUT2D eigenvalue weighted by atomic mass is 79.9. The van der Waals surface area contributed by atoms with Gasteiger partial charge < -0.3 is 0 Å². The number of carbonyl (C=O) groups excluding carboxylic acids is 2.